The molecule has 0 N–H and O–H groups in total. The quantitative estimate of drug-likeness (QED) is 0.677. The Hall–Kier alpha value is -0.160. The van der Waals surface area contributed by atoms with Gasteiger partial charge >= 0.3 is 0 Å². The van der Waals surface area contributed by atoms with Gasteiger partial charge in [0.05, 0.1) is 0 Å². The van der Waals surface area contributed by atoms with Gasteiger partial charge in [0.2, 0.25) is 0 Å². The van der Waals surface area contributed by atoms with E-state index in [-0.39, 0.29) is 0 Å². The van der Waals surface area contributed by atoms with Crippen molar-refractivity contribution >= 4 is 0 Å². The molecule has 4 aliphatic rings. The first-order valence-electron chi connectivity index (χ1n) is 9.31. The zero-order chi connectivity index (χ0) is 15.6. The highest BCUT2D eigenvalue weighted by molar-refractivity contribution is 4.46. The van der Waals surface area contributed by atoms with Crippen molar-refractivity contribution in [2.75, 3.05) is 52.9 Å². The molecule has 0 aromatic carbocycles. The van der Waals surface area contributed by atoms with Crippen molar-refractivity contribution in [3.63, 3.8) is 0 Å². The molecule has 0 spiro atoms. The van der Waals surface area contributed by atoms with E-state index in [2.05, 4.69) is 0 Å². The van der Waals surface area contributed by atoms with Crippen LogP contribution in [0.2, 0.25) is 0 Å². The molecule has 4 rings (SSSR count). The van der Waals surface area contributed by atoms with Crippen LogP contribution in [0.25, 0.3) is 0 Å². The van der Waals surface area contributed by atoms with Crippen molar-refractivity contribution in [2.45, 2.75) is 64.2 Å². The van der Waals surface area contributed by atoms with E-state index in [4.69, 9.17) is 18.9 Å². The van der Waals surface area contributed by atoms with Crippen LogP contribution in [0.3, 0.4) is 0 Å². The molecule has 0 bridgehead atoms. The summed E-state index contributed by atoms with van der Waals surface area (Å²) < 4.78 is 20.0. The van der Waals surface area contributed by atoms with Crippen LogP contribution in [-0.4, -0.2) is 52.9 Å². The summed E-state index contributed by atoms with van der Waals surface area (Å²) in [5.74, 6) is 0. The van der Waals surface area contributed by atoms with Gasteiger partial charge in [-0.25, -0.2) is 0 Å². The third kappa shape index (κ3) is 14.8. The van der Waals surface area contributed by atoms with Gasteiger partial charge in [-0.2, -0.15) is 0 Å². The van der Waals surface area contributed by atoms with Crippen LogP contribution in [-0.2, 0) is 18.9 Å². The van der Waals surface area contributed by atoms with Crippen molar-refractivity contribution in [3.8, 4) is 0 Å². The molecule has 4 saturated heterocycles. The second kappa shape index (κ2) is 17.2. The molecule has 0 aromatic heterocycles. The average Bonchev–Trinajstić information content (AvgIpc) is 3.37. The SMILES string of the molecule is C1CCOC1.C1CCOC1.C1CCOCC1.C1CCOCC1. The number of hydrogen-bond donors (Lipinski definition) is 0. The first kappa shape index (κ1) is 19.9. The second-order valence-corrected chi connectivity index (χ2v) is 5.99. The molecule has 0 aliphatic carbocycles. The summed E-state index contributed by atoms with van der Waals surface area (Å²) in [7, 11) is 0. The molecule has 0 unspecified atom stereocenters. The molecule has 0 amide bonds. The van der Waals surface area contributed by atoms with Crippen molar-refractivity contribution in [1.29, 1.82) is 0 Å². The molecule has 0 aromatic rings. The Morgan fingerprint density at radius 1 is 0.227 bits per heavy atom. The Balaban J connectivity index is 0.000000147. The maximum Gasteiger partial charge on any atom is 0.0466 e. The third-order valence-electron chi connectivity index (χ3n) is 3.81. The zero-order valence-electron chi connectivity index (χ0n) is 14.4. The van der Waals surface area contributed by atoms with E-state index in [1.165, 1.54) is 64.2 Å². The Labute approximate surface area is 136 Å². The largest absolute Gasteiger partial charge is 0.381 e. The highest BCUT2D eigenvalue weighted by atomic mass is 16.5. The van der Waals surface area contributed by atoms with Crippen LogP contribution in [0, 0.1) is 0 Å². The molecule has 0 radical (unpaired) electrons. The maximum absolute atomic E-state index is 5.07. The number of rotatable bonds is 0. The summed E-state index contributed by atoms with van der Waals surface area (Å²) in [5.41, 5.74) is 0. The van der Waals surface area contributed by atoms with Gasteiger partial charge in [-0.3, -0.25) is 0 Å². The van der Waals surface area contributed by atoms with Gasteiger partial charge in [-0.1, -0.05) is 0 Å². The van der Waals surface area contributed by atoms with E-state index < -0.39 is 0 Å². The standard InChI is InChI=1S/2C5H10O.2C4H8O/c2*1-2-4-6-5-3-1;2*1-2-4-5-3-1/h2*1-5H2;2*1-4H2. The molecule has 4 heterocycles. The number of hydrogen-bond acceptors (Lipinski definition) is 4. The Kier molecular flexibility index (Phi) is 15.5. The van der Waals surface area contributed by atoms with E-state index in [0.717, 1.165) is 52.9 Å². The van der Waals surface area contributed by atoms with E-state index in [1.54, 1.807) is 0 Å². The molecule has 4 nitrogen and oxygen atoms in total. The van der Waals surface area contributed by atoms with Crippen molar-refractivity contribution in [1.82, 2.24) is 0 Å². The molecule has 4 fully saturated rings. The van der Waals surface area contributed by atoms with Crippen LogP contribution in [0.5, 0.6) is 0 Å². The fraction of sp³-hybridized carbons (Fsp3) is 1.00. The van der Waals surface area contributed by atoms with E-state index >= 15 is 0 Å². The lowest BCUT2D eigenvalue weighted by Gasteiger charge is -2.08. The Bertz CT molecular complexity index is 135. The van der Waals surface area contributed by atoms with E-state index in [0.29, 0.717) is 0 Å². The van der Waals surface area contributed by atoms with Gasteiger partial charge in [-0.15, -0.1) is 0 Å². The second-order valence-electron chi connectivity index (χ2n) is 5.99. The minimum Gasteiger partial charge on any atom is -0.381 e. The van der Waals surface area contributed by atoms with Gasteiger partial charge in [0, 0.05) is 52.9 Å². The first-order chi connectivity index (χ1) is 11.0. The summed E-state index contributed by atoms with van der Waals surface area (Å²) in [6, 6.07) is 0. The fourth-order valence-electron chi connectivity index (χ4n) is 2.39. The topological polar surface area (TPSA) is 36.9 Å². The lowest BCUT2D eigenvalue weighted by molar-refractivity contribution is 0.0967. The molecular weight excluding hydrogens is 280 g/mol. The monoisotopic (exact) mass is 316 g/mol. The minimum atomic E-state index is 1.00. The molecular formula is C18H36O4. The molecule has 4 aliphatic heterocycles. The molecule has 0 saturated carbocycles. The lowest BCUT2D eigenvalue weighted by atomic mass is 10.2. The highest BCUT2D eigenvalue weighted by Gasteiger charge is 1.96. The van der Waals surface area contributed by atoms with E-state index in [1.807, 2.05) is 0 Å². The van der Waals surface area contributed by atoms with Gasteiger partial charge < -0.3 is 18.9 Å². The zero-order valence-corrected chi connectivity index (χ0v) is 14.4. The summed E-state index contributed by atoms with van der Waals surface area (Å²) in [5, 5.41) is 0. The Morgan fingerprint density at radius 3 is 0.500 bits per heavy atom. The maximum atomic E-state index is 5.07. The summed E-state index contributed by atoms with van der Waals surface area (Å²) in [6.45, 7) is 8.00. The molecule has 0 atom stereocenters. The first-order valence-corrected chi connectivity index (χ1v) is 9.31. The summed E-state index contributed by atoms with van der Waals surface area (Å²) in [6.07, 6.45) is 13.0. The van der Waals surface area contributed by atoms with Crippen LogP contribution in [0.4, 0.5) is 0 Å². The average molecular weight is 316 g/mol. The molecule has 132 valence electrons. The predicted molar refractivity (Wildman–Crippen MR) is 89.4 cm³/mol. The van der Waals surface area contributed by atoms with Crippen LogP contribution >= 0.6 is 0 Å². The van der Waals surface area contributed by atoms with Gasteiger partial charge in [0.15, 0.2) is 0 Å². The van der Waals surface area contributed by atoms with Crippen LogP contribution < -0.4 is 0 Å². The van der Waals surface area contributed by atoms with Crippen LogP contribution in [0.1, 0.15) is 64.2 Å². The summed E-state index contributed by atoms with van der Waals surface area (Å²) >= 11 is 0. The lowest BCUT2D eigenvalue weighted by Crippen LogP contribution is -2.03. The van der Waals surface area contributed by atoms with Crippen molar-refractivity contribution < 1.29 is 18.9 Å². The molecule has 4 heteroatoms. The smallest absolute Gasteiger partial charge is 0.0466 e. The number of ether oxygens (including phenoxy) is 4. The highest BCUT2D eigenvalue weighted by Crippen LogP contribution is 2.02. The fourth-order valence-corrected chi connectivity index (χ4v) is 2.39. The van der Waals surface area contributed by atoms with Gasteiger partial charge in [0.1, 0.15) is 0 Å². The van der Waals surface area contributed by atoms with Crippen molar-refractivity contribution in [3.05, 3.63) is 0 Å². The van der Waals surface area contributed by atoms with Crippen LogP contribution in [0.15, 0.2) is 0 Å². The normalized spacial score (nSPS) is 24.0. The third-order valence-corrected chi connectivity index (χ3v) is 3.81. The van der Waals surface area contributed by atoms with Crippen molar-refractivity contribution in [2.24, 2.45) is 0 Å². The van der Waals surface area contributed by atoms with Gasteiger partial charge in [0.25, 0.3) is 0 Å². The van der Waals surface area contributed by atoms with Gasteiger partial charge in [-0.05, 0) is 64.2 Å². The Morgan fingerprint density at radius 2 is 0.409 bits per heavy atom. The molecule has 22 heavy (non-hydrogen) atoms. The van der Waals surface area contributed by atoms with E-state index in [9.17, 15) is 0 Å². The minimum absolute atomic E-state index is 1.00. The summed E-state index contributed by atoms with van der Waals surface area (Å²) in [4.78, 5) is 0. The predicted octanol–water partition coefficient (Wildman–Crippen LogP) is 3.97.